The topological polar surface area (TPSA) is 94.1 Å². The second kappa shape index (κ2) is 9.52. The molecule has 0 bridgehead atoms. The Morgan fingerprint density at radius 2 is 1.84 bits per heavy atom. The Labute approximate surface area is 187 Å². The van der Waals surface area contributed by atoms with Crippen molar-refractivity contribution in [3.63, 3.8) is 0 Å². The molecule has 2 aliphatic heterocycles. The smallest absolute Gasteiger partial charge is 0.258 e. The Hall–Kier alpha value is -3.20. The predicted octanol–water partition coefficient (Wildman–Crippen LogP) is 2.25. The average molecular weight is 441 g/mol. The fourth-order valence-corrected chi connectivity index (χ4v) is 4.20. The van der Waals surface area contributed by atoms with Crippen LogP contribution in [0.4, 0.5) is 0 Å². The van der Waals surface area contributed by atoms with Gasteiger partial charge in [-0.15, -0.1) is 0 Å². The van der Waals surface area contributed by atoms with Gasteiger partial charge >= 0.3 is 0 Å². The molecule has 0 unspecified atom stereocenters. The number of amides is 2. The number of nitrogens with zero attached hydrogens (tertiary/aromatic N) is 4. The van der Waals surface area contributed by atoms with E-state index in [-0.39, 0.29) is 17.9 Å². The van der Waals surface area contributed by atoms with Crippen LogP contribution in [0.15, 0.2) is 24.4 Å². The van der Waals surface area contributed by atoms with Crippen LogP contribution in [0, 0.1) is 6.92 Å². The molecule has 1 aromatic heterocycles. The summed E-state index contributed by atoms with van der Waals surface area (Å²) in [5, 5.41) is 0. The number of aromatic nitrogens is 2. The summed E-state index contributed by atoms with van der Waals surface area (Å²) in [4.78, 5) is 38.9. The van der Waals surface area contributed by atoms with E-state index in [2.05, 4.69) is 9.97 Å². The number of rotatable bonds is 5. The van der Waals surface area contributed by atoms with Crippen LogP contribution in [0.5, 0.6) is 11.5 Å². The summed E-state index contributed by atoms with van der Waals surface area (Å²) in [5.74, 6) is 1.42. The van der Waals surface area contributed by atoms with Crippen molar-refractivity contribution < 1.29 is 23.8 Å². The van der Waals surface area contributed by atoms with Gasteiger partial charge in [-0.05, 0) is 31.9 Å². The predicted molar refractivity (Wildman–Crippen MR) is 116 cm³/mol. The average Bonchev–Trinajstić information content (AvgIpc) is 3.33. The Morgan fingerprint density at radius 3 is 2.53 bits per heavy atom. The lowest BCUT2D eigenvalue weighted by atomic mass is 10.1. The van der Waals surface area contributed by atoms with Crippen LogP contribution in [-0.4, -0.2) is 78.6 Å². The number of likely N-dealkylation sites (tertiary alicyclic amines) is 1. The minimum Gasteiger partial charge on any atom is -0.497 e. The molecule has 0 saturated carbocycles. The minimum absolute atomic E-state index is 0.0836. The van der Waals surface area contributed by atoms with E-state index in [1.165, 1.54) is 7.11 Å². The van der Waals surface area contributed by atoms with E-state index in [4.69, 9.17) is 14.2 Å². The lowest BCUT2D eigenvalue weighted by molar-refractivity contribution is 0.0301. The first-order valence-electron chi connectivity index (χ1n) is 10.8. The molecule has 0 spiro atoms. The third kappa shape index (κ3) is 4.25. The van der Waals surface area contributed by atoms with Crippen molar-refractivity contribution in [2.75, 3.05) is 47.1 Å². The van der Waals surface area contributed by atoms with Gasteiger partial charge in [0, 0.05) is 31.9 Å². The first-order valence-corrected chi connectivity index (χ1v) is 10.8. The quantitative estimate of drug-likeness (QED) is 0.704. The number of carbonyl (C=O) groups is 2. The van der Waals surface area contributed by atoms with E-state index in [0.29, 0.717) is 67.0 Å². The first-order chi connectivity index (χ1) is 15.5. The fraction of sp³-hybridized carbons (Fsp3) is 0.478. The zero-order chi connectivity index (χ0) is 22.7. The highest BCUT2D eigenvalue weighted by Gasteiger charge is 2.34. The van der Waals surface area contributed by atoms with Gasteiger partial charge in [-0.1, -0.05) is 0 Å². The van der Waals surface area contributed by atoms with Crippen molar-refractivity contribution in [1.82, 2.24) is 19.8 Å². The summed E-state index contributed by atoms with van der Waals surface area (Å²) in [6.45, 7) is 4.63. The molecule has 3 heterocycles. The monoisotopic (exact) mass is 440 g/mol. The number of hydrogen-bond acceptors (Lipinski definition) is 7. The number of ether oxygens (including phenoxy) is 3. The Bertz CT molecular complexity index is 1010. The first kappa shape index (κ1) is 22.0. The van der Waals surface area contributed by atoms with Crippen LogP contribution < -0.4 is 9.47 Å². The van der Waals surface area contributed by atoms with Crippen LogP contribution in [0.3, 0.4) is 0 Å². The highest BCUT2D eigenvalue weighted by molar-refractivity contribution is 5.97. The van der Waals surface area contributed by atoms with Crippen molar-refractivity contribution in [1.29, 1.82) is 0 Å². The van der Waals surface area contributed by atoms with Crippen molar-refractivity contribution in [3.8, 4) is 11.5 Å². The third-order valence-corrected chi connectivity index (χ3v) is 5.98. The van der Waals surface area contributed by atoms with Gasteiger partial charge in [-0.3, -0.25) is 9.59 Å². The molecule has 2 fully saturated rings. The van der Waals surface area contributed by atoms with Gasteiger partial charge in [-0.25, -0.2) is 9.97 Å². The SMILES string of the molecule is COc1ccc(C(=O)N2CCC[C@@H]2c2ncc(C(=O)N3CCOCC3)c(C)n2)c(OC)c1. The minimum atomic E-state index is -0.249. The van der Waals surface area contributed by atoms with Crippen molar-refractivity contribution >= 4 is 11.8 Å². The Balaban J connectivity index is 1.56. The molecule has 0 radical (unpaired) electrons. The maximum atomic E-state index is 13.4. The molecule has 2 saturated heterocycles. The molecule has 170 valence electrons. The van der Waals surface area contributed by atoms with Gasteiger partial charge < -0.3 is 24.0 Å². The maximum Gasteiger partial charge on any atom is 0.258 e. The van der Waals surface area contributed by atoms with Gasteiger partial charge in [0.25, 0.3) is 11.8 Å². The number of carbonyl (C=O) groups excluding carboxylic acids is 2. The van der Waals surface area contributed by atoms with Crippen LogP contribution in [0.1, 0.15) is 51.1 Å². The number of methoxy groups -OCH3 is 2. The molecule has 1 atom stereocenters. The number of benzene rings is 1. The van der Waals surface area contributed by atoms with Gasteiger partial charge in [0.05, 0.1) is 50.3 Å². The fourth-order valence-electron chi connectivity index (χ4n) is 4.20. The van der Waals surface area contributed by atoms with E-state index >= 15 is 0 Å². The molecular formula is C23H28N4O5. The van der Waals surface area contributed by atoms with Crippen LogP contribution in [0.2, 0.25) is 0 Å². The lowest BCUT2D eigenvalue weighted by Gasteiger charge is -2.28. The zero-order valence-electron chi connectivity index (χ0n) is 18.7. The summed E-state index contributed by atoms with van der Waals surface area (Å²) >= 11 is 0. The van der Waals surface area contributed by atoms with Gasteiger partial charge in [0.1, 0.15) is 11.5 Å². The number of morpholine rings is 1. The summed E-state index contributed by atoms with van der Waals surface area (Å²) < 4.78 is 16.0. The molecule has 1 aromatic carbocycles. The normalized spacial score (nSPS) is 18.5. The number of aryl methyl sites for hydroxylation is 1. The molecule has 4 rings (SSSR count). The van der Waals surface area contributed by atoms with Crippen molar-refractivity contribution in [2.24, 2.45) is 0 Å². The molecule has 0 aliphatic carbocycles. The van der Waals surface area contributed by atoms with E-state index in [0.717, 1.165) is 12.8 Å². The van der Waals surface area contributed by atoms with E-state index < -0.39 is 0 Å². The molecule has 0 N–H and O–H groups in total. The summed E-state index contributed by atoms with van der Waals surface area (Å²) in [6, 6.07) is 4.91. The molecule has 2 amide bonds. The second-order valence-corrected chi connectivity index (χ2v) is 7.85. The second-order valence-electron chi connectivity index (χ2n) is 7.85. The molecule has 32 heavy (non-hydrogen) atoms. The highest BCUT2D eigenvalue weighted by Crippen LogP contribution is 2.34. The Morgan fingerprint density at radius 1 is 1.06 bits per heavy atom. The maximum absolute atomic E-state index is 13.4. The van der Waals surface area contributed by atoms with Crippen LogP contribution in [-0.2, 0) is 4.74 Å². The molecule has 9 nitrogen and oxygen atoms in total. The zero-order valence-corrected chi connectivity index (χ0v) is 18.7. The van der Waals surface area contributed by atoms with Crippen molar-refractivity contribution in [2.45, 2.75) is 25.8 Å². The summed E-state index contributed by atoms with van der Waals surface area (Å²) in [6.07, 6.45) is 3.20. The van der Waals surface area contributed by atoms with Crippen LogP contribution in [0.25, 0.3) is 0 Å². The number of hydrogen-bond donors (Lipinski definition) is 0. The van der Waals surface area contributed by atoms with Crippen molar-refractivity contribution in [3.05, 3.63) is 47.0 Å². The standard InChI is InChI=1S/C23H28N4O5/c1-15-18(22(28)26-9-11-32-12-10-26)14-24-21(25-15)19-5-4-8-27(19)23(29)17-7-6-16(30-2)13-20(17)31-3/h6-7,13-14,19H,4-5,8-12H2,1-3H3/t19-/m1/s1. The summed E-state index contributed by atoms with van der Waals surface area (Å²) in [7, 11) is 3.10. The Kier molecular flexibility index (Phi) is 6.55. The molecular weight excluding hydrogens is 412 g/mol. The van der Waals surface area contributed by atoms with E-state index in [9.17, 15) is 9.59 Å². The molecule has 2 aromatic rings. The van der Waals surface area contributed by atoms with Crippen LogP contribution >= 0.6 is 0 Å². The van der Waals surface area contributed by atoms with Gasteiger partial charge in [0.2, 0.25) is 0 Å². The highest BCUT2D eigenvalue weighted by atomic mass is 16.5. The largest absolute Gasteiger partial charge is 0.497 e. The summed E-state index contributed by atoms with van der Waals surface area (Å²) in [5.41, 5.74) is 1.58. The van der Waals surface area contributed by atoms with E-state index in [1.54, 1.807) is 41.3 Å². The molecule has 2 aliphatic rings. The van der Waals surface area contributed by atoms with E-state index in [1.807, 2.05) is 6.92 Å². The third-order valence-electron chi connectivity index (χ3n) is 5.98. The lowest BCUT2D eigenvalue weighted by Crippen LogP contribution is -2.41. The molecule has 9 heteroatoms. The van der Waals surface area contributed by atoms with Gasteiger partial charge in [-0.2, -0.15) is 0 Å². The van der Waals surface area contributed by atoms with Gasteiger partial charge in [0.15, 0.2) is 5.82 Å².